The van der Waals surface area contributed by atoms with Crippen molar-refractivity contribution >= 4 is 11.9 Å². The number of amides is 1. The van der Waals surface area contributed by atoms with E-state index in [1.54, 1.807) is 0 Å². The third kappa shape index (κ3) is 4.85. The minimum Gasteiger partial charge on any atom is -0.481 e. The lowest BCUT2D eigenvalue weighted by Crippen LogP contribution is -2.40. The molecule has 5 nitrogen and oxygen atoms in total. The molecule has 1 aliphatic rings. The van der Waals surface area contributed by atoms with Crippen LogP contribution in [0.25, 0.3) is 0 Å². The fourth-order valence-electron chi connectivity index (χ4n) is 3.17. The largest absolute Gasteiger partial charge is 0.481 e. The summed E-state index contributed by atoms with van der Waals surface area (Å²) in [5.74, 6) is 1.72. The van der Waals surface area contributed by atoms with Crippen molar-refractivity contribution in [3.63, 3.8) is 0 Å². The highest BCUT2D eigenvalue weighted by Crippen LogP contribution is 2.35. The van der Waals surface area contributed by atoms with Crippen LogP contribution in [0.1, 0.15) is 69.9 Å². The van der Waals surface area contributed by atoms with E-state index in [2.05, 4.69) is 13.8 Å². The number of carboxylic acids is 1. The van der Waals surface area contributed by atoms with Crippen LogP contribution in [0.4, 0.5) is 0 Å². The first-order chi connectivity index (χ1) is 11.0. The highest BCUT2D eigenvalue weighted by Gasteiger charge is 2.32. The van der Waals surface area contributed by atoms with Gasteiger partial charge in [0.25, 0.3) is 0 Å². The Labute approximate surface area is 137 Å². The molecule has 1 N–H and O–H groups in total. The molecule has 23 heavy (non-hydrogen) atoms. The Bertz CT molecular complexity index is 537. The zero-order valence-corrected chi connectivity index (χ0v) is 14.1. The van der Waals surface area contributed by atoms with Crippen molar-refractivity contribution in [2.45, 2.75) is 64.8 Å². The summed E-state index contributed by atoms with van der Waals surface area (Å²) in [6, 6.07) is 4.00. The van der Waals surface area contributed by atoms with Gasteiger partial charge in [-0.2, -0.15) is 0 Å². The molecule has 2 heterocycles. The normalized spacial score (nSPS) is 21.4. The Morgan fingerprint density at radius 3 is 2.70 bits per heavy atom. The predicted octanol–water partition coefficient (Wildman–Crippen LogP) is 3.79. The quantitative estimate of drug-likeness (QED) is 0.776. The SMILES string of the molecule is CCc1ccc(C2CC(C)CCN2C(=O)CCCCC(=O)O)o1. The van der Waals surface area contributed by atoms with Crippen molar-refractivity contribution < 1.29 is 19.1 Å². The van der Waals surface area contributed by atoms with Crippen LogP contribution >= 0.6 is 0 Å². The van der Waals surface area contributed by atoms with Crippen molar-refractivity contribution in [3.05, 3.63) is 23.7 Å². The van der Waals surface area contributed by atoms with Crippen molar-refractivity contribution in [2.24, 2.45) is 5.92 Å². The van der Waals surface area contributed by atoms with Gasteiger partial charge in [0.2, 0.25) is 5.91 Å². The molecule has 1 aromatic rings. The summed E-state index contributed by atoms with van der Waals surface area (Å²) in [5, 5.41) is 8.67. The molecule has 0 bridgehead atoms. The van der Waals surface area contributed by atoms with E-state index >= 15 is 0 Å². The summed E-state index contributed by atoms with van der Waals surface area (Å²) >= 11 is 0. The molecule has 0 saturated carbocycles. The summed E-state index contributed by atoms with van der Waals surface area (Å²) in [5.41, 5.74) is 0. The maximum atomic E-state index is 12.5. The first kappa shape index (κ1) is 17.6. The van der Waals surface area contributed by atoms with Gasteiger partial charge in [-0.05, 0) is 43.7 Å². The second-order valence-corrected chi connectivity index (χ2v) is 6.49. The molecule has 1 saturated heterocycles. The molecule has 0 aromatic carbocycles. The number of piperidine rings is 1. The molecule has 128 valence electrons. The second kappa shape index (κ2) is 8.18. The monoisotopic (exact) mass is 321 g/mol. The van der Waals surface area contributed by atoms with Crippen LogP contribution in [0.3, 0.4) is 0 Å². The minimum atomic E-state index is -0.801. The first-order valence-electron chi connectivity index (χ1n) is 8.61. The molecule has 5 heteroatoms. The van der Waals surface area contributed by atoms with Crippen LogP contribution in [0.2, 0.25) is 0 Å². The molecule has 1 aliphatic heterocycles. The van der Waals surface area contributed by atoms with Crippen LogP contribution in [-0.4, -0.2) is 28.4 Å². The minimum absolute atomic E-state index is 0.0195. The Morgan fingerprint density at radius 2 is 2.04 bits per heavy atom. The molecule has 2 atom stereocenters. The van der Waals surface area contributed by atoms with Gasteiger partial charge in [-0.25, -0.2) is 0 Å². The summed E-state index contributed by atoms with van der Waals surface area (Å²) in [6.45, 7) is 5.02. The molecule has 1 aromatic heterocycles. The number of aliphatic carboxylic acids is 1. The third-order valence-corrected chi connectivity index (χ3v) is 4.58. The van der Waals surface area contributed by atoms with E-state index in [1.165, 1.54) is 0 Å². The van der Waals surface area contributed by atoms with E-state index in [0.29, 0.717) is 25.2 Å². The smallest absolute Gasteiger partial charge is 0.303 e. The summed E-state index contributed by atoms with van der Waals surface area (Å²) in [7, 11) is 0. The van der Waals surface area contributed by atoms with Crippen LogP contribution in [-0.2, 0) is 16.0 Å². The number of nitrogens with zero attached hydrogens (tertiary/aromatic N) is 1. The second-order valence-electron chi connectivity index (χ2n) is 6.49. The lowest BCUT2D eigenvalue weighted by molar-refractivity contribution is -0.138. The number of rotatable bonds is 7. The lowest BCUT2D eigenvalue weighted by Gasteiger charge is -2.37. The van der Waals surface area contributed by atoms with Gasteiger partial charge in [0.15, 0.2) is 0 Å². The number of hydrogen-bond donors (Lipinski definition) is 1. The number of carboxylic acid groups (broad SMARTS) is 1. The van der Waals surface area contributed by atoms with E-state index in [-0.39, 0.29) is 18.4 Å². The summed E-state index contributed by atoms with van der Waals surface area (Å²) in [6.07, 6.45) is 4.52. The Hall–Kier alpha value is -1.78. The Morgan fingerprint density at radius 1 is 1.30 bits per heavy atom. The number of unbranched alkanes of at least 4 members (excludes halogenated alkanes) is 1. The highest BCUT2D eigenvalue weighted by molar-refractivity contribution is 5.76. The van der Waals surface area contributed by atoms with Gasteiger partial charge in [-0.1, -0.05) is 13.8 Å². The number of furan rings is 1. The number of hydrogen-bond acceptors (Lipinski definition) is 3. The van der Waals surface area contributed by atoms with Crippen LogP contribution < -0.4 is 0 Å². The average Bonchev–Trinajstić information content (AvgIpc) is 3.00. The number of likely N-dealkylation sites (tertiary alicyclic amines) is 1. The standard InChI is InChI=1S/C18H27NO4/c1-3-14-8-9-16(23-14)15-12-13(2)10-11-19(15)17(20)6-4-5-7-18(21)22/h8-9,13,15H,3-7,10-12H2,1-2H3,(H,21,22). The van der Waals surface area contributed by atoms with Crippen molar-refractivity contribution in [2.75, 3.05) is 6.54 Å². The van der Waals surface area contributed by atoms with Crippen molar-refractivity contribution in [1.82, 2.24) is 4.90 Å². The molecule has 2 rings (SSSR count). The van der Waals surface area contributed by atoms with Crippen LogP contribution in [0.15, 0.2) is 16.5 Å². The predicted molar refractivity (Wildman–Crippen MR) is 87.0 cm³/mol. The Balaban J connectivity index is 1.99. The van der Waals surface area contributed by atoms with Gasteiger partial charge < -0.3 is 14.4 Å². The fraction of sp³-hybridized carbons (Fsp3) is 0.667. The highest BCUT2D eigenvalue weighted by atomic mass is 16.4. The first-order valence-corrected chi connectivity index (χ1v) is 8.61. The topological polar surface area (TPSA) is 70.8 Å². The molecular formula is C18H27NO4. The van der Waals surface area contributed by atoms with Gasteiger partial charge in [0, 0.05) is 25.8 Å². The molecule has 0 aliphatic carbocycles. The molecule has 1 fully saturated rings. The maximum Gasteiger partial charge on any atom is 0.303 e. The van der Waals surface area contributed by atoms with E-state index in [1.807, 2.05) is 17.0 Å². The lowest BCUT2D eigenvalue weighted by atomic mass is 9.90. The fourth-order valence-corrected chi connectivity index (χ4v) is 3.17. The summed E-state index contributed by atoms with van der Waals surface area (Å²) < 4.78 is 5.89. The zero-order chi connectivity index (χ0) is 16.8. The molecule has 1 amide bonds. The van der Waals surface area contributed by atoms with Gasteiger partial charge in [0.05, 0.1) is 6.04 Å². The van der Waals surface area contributed by atoms with Crippen LogP contribution in [0, 0.1) is 5.92 Å². The van der Waals surface area contributed by atoms with Crippen molar-refractivity contribution in [3.8, 4) is 0 Å². The number of aryl methyl sites for hydroxylation is 1. The molecule has 0 spiro atoms. The van der Waals surface area contributed by atoms with Crippen LogP contribution in [0.5, 0.6) is 0 Å². The number of carbonyl (C=O) groups excluding carboxylic acids is 1. The molecular weight excluding hydrogens is 294 g/mol. The van der Waals surface area contributed by atoms with E-state index in [9.17, 15) is 9.59 Å². The zero-order valence-electron chi connectivity index (χ0n) is 14.1. The molecule has 0 radical (unpaired) electrons. The third-order valence-electron chi connectivity index (χ3n) is 4.58. The van der Waals surface area contributed by atoms with Crippen molar-refractivity contribution in [1.29, 1.82) is 0 Å². The molecule has 2 unspecified atom stereocenters. The maximum absolute atomic E-state index is 12.5. The van der Waals surface area contributed by atoms with Gasteiger partial charge in [-0.15, -0.1) is 0 Å². The van der Waals surface area contributed by atoms with E-state index < -0.39 is 5.97 Å². The van der Waals surface area contributed by atoms with E-state index in [0.717, 1.165) is 37.3 Å². The van der Waals surface area contributed by atoms with Gasteiger partial charge >= 0.3 is 5.97 Å². The number of carbonyl (C=O) groups is 2. The summed E-state index contributed by atoms with van der Waals surface area (Å²) in [4.78, 5) is 25.0. The van der Waals surface area contributed by atoms with Gasteiger partial charge in [-0.3, -0.25) is 9.59 Å². The van der Waals surface area contributed by atoms with Gasteiger partial charge in [0.1, 0.15) is 11.5 Å². The average molecular weight is 321 g/mol. The Kier molecular flexibility index (Phi) is 6.25. The van der Waals surface area contributed by atoms with E-state index in [4.69, 9.17) is 9.52 Å².